The molecular formula is C12H15NO3S3. The Hall–Kier alpha value is -0.730. The molecule has 0 aromatic carbocycles. The summed E-state index contributed by atoms with van der Waals surface area (Å²) >= 11 is 2.80. The van der Waals surface area contributed by atoms with Crippen LogP contribution in [0.1, 0.15) is 16.7 Å². The third-order valence-corrected chi connectivity index (χ3v) is 6.52. The molecule has 0 aliphatic carbocycles. The van der Waals surface area contributed by atoms with Crippen LogP contribution >= 0.6 is 22.7 Å². The average molecular weight is 317 g/mol. The largest absolute Gasteiger partial charge is 0.391 e. The van der Waals surface area contributed by atoms with Crippen LogP contribution in [0.15, 0.2) is 33.9 Å². The summed E-state index contributed by atoms with van der Waals surface area (Å²) in [6.07, 6.45) is 0. The highest BCUT2D eigenvalue weighted by atomic mass is 32.2. The number of aliphatic hydroxyl groups is 1. The van der Waals surface area contributed by atoms with Gasteiger partial charge >= 0.3 is 0 Å². The van der Waals surface area contributed by atoms with Crippen LogP contribution in [0, 0.1) is 0 Å². The number of nitrogens with zero attached hydrogens (tertiary/aromatic N) is 1. The summed E-state index contributed by atoms with van der Waals surface area (Å²) in [5.74, 6) is 0. The summed E-state index contributed by atoms with van der Waals surface area (Å²) in [7, 11) is -3.48. The number of rotatable bonds is 6. The third kappa shape index (κ3) is 3.24. The number of hydrogen-bond donors (Lipinski definition) is 1. The van der Waals surface area contributed by atoms with Crippen LogP contribution in [-0.2, 0) is 23.2 Å². The zero-order valence-electron chi connectivity index (χ0n) is 10.4. The molecule has 0 bridgehead atoms. The van der Waals surface area contributed by atoms with Gasteiger partial charge in [-0.05, 0) is 17.5 Å². The van der Waals surface area contributed by atoms with E-state index < -0.39 is 10.0 Å². The van der Waals surface area contributed by atoms with Crippen molar-refractivity contribution >= 4 is 32.7 Å². The minimum atomic E-state index is -3.48. The molecule has 19 heavy (non-hydrogen) atoms. The Morgan fingerprint density at radius 3 is 2.63 bits per heavy atom. The number of hydrogen-bond acceptors (Lipinski definition) is 5. The standard InChI is InChI=1S/C12H15NO3S3/c1-2-13(7-10-4-3-5-17-10)19(15,16)12-6-11(8-14)18-9-12/h3-6,9,14H,2,7-8H2,1H3. The molecule has 4 nitrogen and oxygen atoms in total. The molecule has 2 heterocycles. The van der Waals surface area contributed by atoms with E-state index in [1.165, 1.54) is 21.7 Å². The van der Waals surface area contributed by atoms with Crippen LogP contribution in [0.3, 0.4) is 0 Å². The van der Waals surface area contributed by atoms with Crippen molar-refractivity contribution in [1.29, 1.82) is 0 Å². The van der Waals surface area contributed by atoms with E-state index in [1.54, 1.807) is 16.7 Å². The normalized spacial score (nSPS) is 12.2. The van der Waals surface area contributed by atoms with Crippen LogP contribution in [0.25, 0.3) is 0 Å². The van der Waals surface area contributed by atoms with Gasteiger partial charge in [0.1, 0.15) is 0 Å². The van der Waals surface area contributed by atoms with Gasteiger partial charge in [0.05, 0.1) is 11.5 Å². The Bertz CT molecular complexity index is 616. The molecule has 0 amide bonds. The fourth-order valence-electron chi connectivity index (χ4n) is 1.67. The Labute approximate surface area is 121 Å². The van der Waals surface area contributed by atoms with Gasteiger partial charge in [-0.3, -0.25) is 0 Å². The maximum absolute atomic E-state index is 12.5. The monoisotopic (exact) mass is 317 g/mol. The lowest BCUT2D eigenvalue weighted by Gasteiger charge is -2.18. The summed E-state index contributed by atoms with van der Waals surface area (Å²) in [6.45, 7) is 2.51. The molecule has 0 atom stereocenters. The predicted octanol–water partition coefficient (Wildman–Crippen LogP) is 2.51. The first-order chi connectivity index (χ1) is 9.07. The Kier molecular flexibility index (Phi) is 4.75. The van der Waals surface area contributed by atoms with Crippen molar-refractivity contribution in [2.24, 2.45) is 0 Å². The molecule has 0 unspecified atom stereocenters. The van der Waals surface area contributed by atoms with Crippen LogP contribution < -0.4 is 0 Å². The maximum atomic E-state index is 12.5. The van der Waals surface area contributed by atoms with Gasteiger partial charge in [0, 0.05) is 28.2 Å². The molecular weight excluding hydrogens is 302 g/mol. The van der Waals surface area contributed by atoms with Crippen molar-refractivity contribution in [3.05, 3.63) is 38.7 Å². The van der Waals surface area contributed by atoms with Gasteiger partial charge in [-0.1, -0.05) is 13.0 Å². The van der Waals surface area contributed by atoms with E-state index in [9.17, 15) is 8.42 Å². The molecule has 0 spiro atoms. The summed E-state index contributed by atoms with van der Waals surface area (Å²) in [4.78, 5) is 1.94. The molecule has 0 aliphatic rings. The Balaban J connectivity index is 2.25. The molecule has 0 saturated carbocycles. The second kappa shape index (κ2) is 6.15. The minimum absolute atomic E-state index is 0.128. The second-order valence-electron chi connectivity index (χ2n) is 3.92. The average Bonchev–Trinajstić information content (AvgIpc) is 3.06. The molecule has 0 radical (unpaired) electrons. The van der Waals surface area contributed by atoms with Crippen LogP contribution in [0.2, 0.25) is 0 Å². The first-order valence-electron chi connectivity index (χ1n) is 5.78. The fraction of sp³-hybridized carbons (Fsp3) is 0.333. The van der Waals surface area contributed by atoms with Crippen molar-refractivity contribution in [2.75, 3.05) is 6.54 Å². The SMILES string of the molecule is CCN(Cc1cccs1)S(=O)(=O)c1csc(CO)c1. The summed E-state index contributed by atoms with van der Waals surface area (Å²) in [5.41, 5.74) is 0. The zero-order chi connectivity index (χ0) is 13.9. The molecule has 0 aliphatic heterocycles. The lowest BCUT2D eigenvalue weighted by atomic mass is 10.4. The van der Waals surface area contributed by atoms with Crippen molar-refractivity contribution in [3.8, 4) is 0 Å². The molecule has 0 fully saturated rings. The van der Waals surface area contributed by atoms with Crippen molar-refractivity contribution < 1.29 is 13.5 Å². The lowest BCUT2D eigenvalue weighted by Crippen LogP contribution is -2.29. The second-order valence-corrected chi connectivity index (χ2v) is 7.88. The van der Waals surface area contributed by atoms with E-state index in [1.807, 2.05) is 24.4 Å². The highest BCUT2D eigenvalue weighted by molar-refractivity contribution is 7.89. The molecule has 2 aromatic heterocycles. The maximum Gasteiger partial charge on any atom is 0.244 e. The van der Waals surface area contributed by atoms with E-state index in [4.69, 9.17) is 5.11 Å². The van der Waals surface area contributed by atoms with Gasteiger partial charge in [0.2, 0.25) is 10.0 Å². The first kappa shape index (κ1) is 14.7. The van der Waals surface area contributed by atoms with Crippen molar-refractivity contribution in [1.82, 2.24) is 4.31 Å². The Morgan fingerprint density at radius 2 is 2.11 bits per heavy atom. The number of sulfonamides is 1. The summed E-state index contributed by atoms with van der Waals surface area (Å²) in [5, 5.41) is 12.5. The van der Waals surface area contributed by atoms with Gasteiger partial charge < -0.3 is 5.11 Å². The van der Waals surface area contributed by atoms with Crippen molar-refractivity contribution in [2.45, 2.75) is 25.0 Å². The highest BCUT2D eigenvalue weighted by Gasteiger charge is 2.24. The van der Waals surface area contributed by atoms with Crippen molar-refractivity contribution in [3.63, 3.8) is 0 Å². The molecule has 0 saturated heterocycles. The van der Waals surface area contributed by atoms with E-state index in [2.05, 4.69) is 0 Å². The lowest BCUT2D eigenvalue weighted by molar-refractivity contribution is 0.285. The van der Waals surface area contributed by atoms with Gasteiger partial charge in [-0.15, -0.1) is 22.7 Å². The molecule has 7 heteroatoms. The van der Waals surface area contributed by atoms with E-state index in [0.717, 1.165) is 4.88 Å². The van der Waals surface area contributed by atoms with E-state index >= 15 is 0 Å². The first-order valence-corrected chi connectivity index (χ1v) is 8.98. The fourth-order valence-corrected chi connectivity index (χ4v) is 5.02. The zero-order valence-corrected chi connectivity index (χ0v) is 12.9. The molecule has 2 aromatic rings. The van der Waals surface area contributed by atoms with Crippen LogP contribution in [0.4, 0.5) is 0 Å². The third-order valence-electron chi connectivity index (χ3n) is 2.69. The summed E-state index contributed by atoms with van der Waals surface area (Å²) < 4.78 is 26.4. The van der Waals surface area contributed by atoms with E-state index in [0.29, 0.717) is 18.0 Å². The Morgan fingerprint density at radius 1 is 1.32 bits per heavy atom. The smallest absolute Gasteiger partial charge is 0.244 e. The van der Waals surface area contributed by atoms with E-state index in [-0.39, 0.29) is 11.5 Å². The molecule has 104 valence electrons. The highest BCUT2D eigenvalue weighted by Crippen LogP contribution is 2.24. The van der Waals surface area contributed by atoms with Crippen LogP contribution in [-0.4, -0.2) is 24.4 Å². The number of aliphatic hydroxyl groups excluding tert-OH is 1. The molecule has 1 N–H and O–H groups in total. The minimum Gasteiger partial charge on any atom is -0.391 e. The molecule has 2 rings (SSSR count). The number of thiophene rings is 2. The predicted molar refractivity (Wildman–Crippen MR) is 77.8 cm³/mol. The van der Waals surface area contributed by atoms with Gasteiger partial charge in [-0.2, -0.15) is 4.31 Å². The van der Waals surface area contributed by atoms with Gasteiger partial charge in [0.15, 0.2) is 0 Å². The van der Waals surface area contributed by atoms with Gasteiger partial charge in [0.25, 0.3) is 0 Å². The van der Waals surface area contributed by atoms with Gasteiger partial charge in [-0.25, -0.2) is 8.42 Å². The summed E-state index contributed by atoms with van der Waals surface area (Å²) in [6, 6.07) is 5.38. The van der Waals surface area contributed by atoms with Crippen LogP contribution in [0.5, 0.6) is 0 Å². The topological polar surface area (TPSA) is 57.6 Å². The quantitative estimate of drug-likeness (QED) is 0.890.